The molecule has 0 aliphatic carbocycles. The Bertz CT molecular complexity index is 495. The maximum absolute atomic E-state index is 3.70. The van der Waals surface area contributed by atoms with Crippen molar-refractivity contribution in [2.45, 2.75) is 32.1 Å². The predicted octanol–water partition coefficient (Wildman–Crippen LogP) is 5.23. The minimum Gasteiger partial charge on any atom is -0.316 e. The standard InChI is InChI=1S/C17H22BrNS/c1-2-10-19-12-15(8-7-14-9-11-20-13-14)16-5-3-4-6-17(16)18/h3-6,9,11,13,15,19H,2,7-8,10,12H2,1H3. The minimum absolute atomic E-state index is 0.567. The van der Waals surface area contributed by atoms with E-state index in [1.807, 2.05) is 0 Å². The Kier molecular flexibility index (Phi) is 6.77. The van der Waals surface area contributed by atoms with Crippen molar-refractivity contribution >= 4 is 27.3 Å². The molecule has 1 aromatic carbocycles. The van der Waals surface area contributed by atoms with Gasteiger partial charge in [0.1, 0.15) is 0 Å². The maximum Gasteiger partial charge on any atom is 0.0210 e. The molecule has 0 radical (unpaired) electrons. The summed E-state index contributed by atoms with van der Waals surface area (Å²) in [4.78, 5) is 0. The first-order valence-electron chi connectivity index (χ1n) is 7.27. The molecule has 0 saturated carbocycles. The molecule has 0 bridgehead atoms. The van der Waals surface area contributed by atoms with Crippen LogP contribution in [-0.4, -0.2) is 13.1 Å². The number of aryl methyl sites for hydroxylation is 1. The Labute approximate surface area is 134 Å². The van der Waals surface area contributed by atoms with E-state index in [-0.39, 0.29) is 0 Å². The first-order valence-corrected chi connectivity index (χ1v) is 9.01. The monoisotopic (exact) mass is 351 g/mol. The molecule has 2 rings (SSSR count). The normalized spacial score (nSPS) is 12.5. The zero-order chi connectivity index (χ0) is 14.2. The fourth-order valence-electron chi connectivity index (χ4n) is 2.40. The predicted molar refractivity (Wildman–Crippen MR) is 92.7 cm³/mol. The summed E-state index contributed by atoms with van der Waals surface area (Å²) in [5, 5.41) is 8.00. The molecule has 1 atom stereocenters. The van der Waals surface area contributed by atoms with Gasteiger partial charge in [0.05, 0.1) is 0 Å². The number of benzene rings is 1. The van der Waals surface area contributed by atoms with Crippen molar-refractivity contribution in [3.05, 3.63) is 56.7 Å². The van der Waals surface area contributed by atoms with Gasteiger partial charge in [0.25, 0.3) is 0 Å². The van der Waals surface area contributed by atoms with Crippen LogP contribution in [-0.2, 0) is 6.42 Å². The lowest BCUT2D eigenvalue weighted by molar-refractivity contribution is 0.547. The molecular weight excluding hydrogens is 330 g/mol. The van der Waals surface area contributed by atoms with E-state index in [4.69, 9.17) is 0 Å². The highest BCUT2D eigenvalue weighted by atomic mass is 79.9. The highest BCUT2D eigenvalue weighted by Gasteiger charge is 2.14. The van der Waals surface area contributed by atoms with Crippen LogP contribution in [0.25, 0.3) is 0 Å². The molecule has 1 aromatic heterocycles. The van der Waals surface area contributed by atoms with Crippen LogP contribution >= 0.6 is 27.3 Å². The first-order chi connectivity index (χ1) is 9.81. The lowest BCUT2D eigenvalue weighted by atomic mass is 9.93. The molecule has 0 amide bonds. The molecule has 1 nitrogen and oxygen atoms in total. The minimum atomic E-state index is 0.567. The molecular formula is C17H22BrNS. The van der Waals surface area contributed by atoms with Gasteiger partial charge in [-0.05, 0) is 65.7 Å². The van der Waals surface area contributed by atoms with Crippen LogP contribution in [0.15, 0.2) is 45.6 Å². The van der Waals surface area contributed by atoms with Gasteiger partial charge in [0, 0.05) is 11.0 Å². The van der Waals surface area contributed by atoms with Crippen molar-refractivity contribution in [3.8, 4) is 0 Å². The van der Waals surface area contributed by atoms with Crippen molar-refractivity contribution in [2.75, 3.05) is 13.1 Å². The third kappa shape index (κ3) is 4.72. The number of halogens is 1. The second-order valence-electron chi connectivity index (χ2n) is 5.09. The average Bonchev–Trinajstić information content (AvgIpc) is 2.97. The van der Waals surface area contributed by atoms with E-state index in [1.54, 1.807) is 11.3 Å². The number of hydrogen-bond acceptors (Lipinski definition) is 2. The van der Waals surface area contributed by atoms with E-state index >= 15 is 0 Å². The van der Waals surface area contributed by atoms with Crippen LogP contribution in [0.3, 0.4) is 0 Å². The molecule has 0 saturated heterocycles. The summed E-state index contributed by atoms with van der Waals surface area (Å²) in [6.45, 7) is 4.37. The van der Waals surface area contributed by atoms with Gasteiger partial charge in [-0.1, -0.05) is 41.1 Å². The van der Waals surface area contributed by atoms with Gasteiger partial charge >= 0.3 is 0 Å². The molecule has 3 heteroatoms. The fourth-order valence-corrected chi connectivity index (χ4v) is 3.71. The molecule has 1 unspecified atom stereocenters. The largest absolute Gasteiger partial charge is 0.316 e. The molecule has 2 aromatic rings. The Balaban J connectivity index is 2.02. The molecule has 0 aliphatic rings. The summed E-state index contributed by atoms with van der Waals surface area (Å²) in [7, 11) is 0. The lowest BCUT2D eigenvalue weighted by Crippen LogP contribution is -2.23. The fraction of sp³-hybridized carbons (Fsp3) is 0.412. The van der Waals surface area contributed by atoms with Gasteiger partial charge in [0.15, 0.2) is 0 Å². The summed E-state index contributed by atoms with van der Waals surface area (Å²) in [6.07, 6.45) is 3.53. The third-order valence-corrected chi connectivity index (χ3v) is 4.98. The van der Waals surface area contributed by atoms with Crippen LogP contribution in [0.2, 0.25) is 0 Å². The highest BCUT2D eigenvalue weighted by Crippen LogP contribution is 2.28. The van der Waals surface area contributed by atoms with E-state index in [1.165, 1.54) is 28.4 Å². The smallest absolute Gasteiger partial charge is 0.0210 e. The molecule has 1 heterocycles. The molecule has 0 fully saturated rings. The maximum atomic E-state index is 3.70. The van der Waals surface area contributed by atoms with Crippen molar-refractivity contribution < 1.29 is 0 Å². The highest BCUT2D eigenvalue weighted by molar-refractivity contribution is 9.10. The van der Waals surface area contributed by atoms with E-state index in [0.29, 0.717) is 5.92 Å². The van der Waals surface area contributed by atoms with Gasteiger partial charge in [-0.3, -0.25) is 0 Å². The number of hydrogen-bond donors (Lipinski definition) is 1. The first kappa shape index (κ1) is 15.7. The van der Waals surface area contributed by atoms with Gasteiger partial charge < -0.3 is 5.32 Å². The average molecular weight is 352 g/mol. The number of nitrogens with one attached hydrogen (secondary N) is 1. The Hall–Kier alpha value is -0.640. The van der Waals surface area contributed by atoms with Gasteiger partial charge in [-0.2, -0.15) is 11.3 Å². The van der Waals surface area contributed by atoms with E-state index in [9.17, 15) is 0 Å². The van der Waals surface area contributed by atoms with Crippen LogP contribution in [0.5, 0.6) is 0 Å². The SMILES string of the molecule is CCCNCC(CCc1ccsc1)c1ccccc1Br. The summed E-state index contributed by atoms with van der Waals surface area (Å²) in [5.74, 6) is 0.567. The zero-order valence-electron chi connectivity index (χ0n) is 11.9. The summed E-state index contributed by atoms with van der Waals surface area (Å²) >= 11 is 5.49. The molecule has 0 aliphatic heterocycles. The second kappa shape index (κ2) is 8.60. The van der Waals surface area contributed by atoms with E-state index in [0.717, 1.165) is 19.5 Å². The van der Waals surface area contributed by atoms with E-state index < -0.39 is 0 Å². The van der Waals surface area contributed by atoms with E-state index in [2.05, 4.69) is 69.3 Å². The van der Waals surface area contributed by atoms with Crippen LogP contribution in [0.4, 0.5) is 0 Å². The Morgan fingerprint density at radius 1 is 1.25 bits per heavy atom. The third-order valence-electron chi connectivity index (χ3n) is 3.52. The quantitative estimate of drug-likeness (QED) is 0.642. The number of thiophene rings is 1. The molecule has 108 valence electrons. The molecule has 1 N–H and O–H groups in total. The summed E-state index contributed by atoms with van der Waals surface area (Å²) in [6, 6.07) is 10.9. The van der Waals surface area contributed by atoms with Crippen LogP contribution < -0.4 is 5.32 Å². The Morgan fingerprint density at radius 2 is 2.10 bits per heavy atom. The summed E-state index contributed by atoms with van der Waals surface area (Å²) < 4.78 is 1.23. The topological polar surface area (TPSA) is 12.0 Å². The Morgan fingerprint density at radius 3 is 2.80 bits per heavy atom. The zero-order valence-corrected chi connectivity index (χ0v) is 14.3. The lowest BCUT2D eigenvalue weighted by Gasteiger charge is -2.19. The van der Waals surface area contributed by atoms with Gasteiger partial charge in [0.2, 0.25) is 0 Å². The van der Waals surface area contributed by atoms with Crippen molar-refractivity contribution in [2.24, 2.45) is 0 Å². The molecule has 0 spiro atoms. The molecule has 20 heavy (non-hydrogen) atoms. The van der Waals surface area contributed by atoms with Crippen molar-refractivity contribution in [3.63, 3.8) is 0 Å². The number of rotatable bonds is 8. The van der Waals surface area contributed by atoms with Crippen molar-refractivity contribution in [1.29, 1.82) is 0 Å². The van der Waals surface area contributed by atoms with Crippen LogP contribution in [0.1, 0.15) is 36.8 Å². The summed E-state index contributed by atoms with van der Waals surface area (Å²) in [5.41, 5.74) is 2.88. The van der Waals surface area contributed by atoms with Crippen molar-refractivity contribution in [1.82, 2.24) is 5.32 Å². The van der Waals surface area contributed by atoms with Crippen LogP contribution in [0, 0.1) is 0 Å². The second-order valence-corrected chi connectivity index (χ2v) is 6.73. The van der Waals surface area contributed by atoms with Gasteiger partial charge in [-0.15, -0.1) is 0 Å². The van der Waals surface area contributed by atoms with Gasteiger partial charge in [-0.25, -0.2) is 0 Å².